The summed E-state index contributed by atoms with van der Waals surface area (Å²) in [6.45, 7) is 1.89. The number of aromatic amines is 1. The molecule has 3 N–H and O–H groups in total. The summed E-state index contributed by atoms with van der Waals surface area (Å²) in [5.41, 5.74) is 2.02. The first-order valence-electron chi connectivity index (χ1n) is 7.45. The lowest BCUT2D eigenvalue weighted by molar-refractivity contribution is -0.124. The Morgan fingerprint density at radius 1 is 1.17 bits per heavy atom. The van der Waals surface area contributed by atoms with E-state index < -0.39 is 12.0 Å². The SMILES string of the molecule is Cc1cc(Oc2ccc(NC(=O)C(O)c3ccccc3)cc2)n[nH]1. The maximum absolute atomic E-state index is 12.1. The summed E-state index contributed by atoms with van der Waals surface area (Å²) in [5, 5.41) is 19.5. The molecule has 1 amide bonds. The quantitative estimate of drug-likeness (QED) is 0.673. The Kier molecular flexibility index (Phi) is 4.58. The highest BCUT2D eigenvalue weighted by molar-refractivity contribution is 5.94. The Morgan fingerprint density at radius 2 is 1.88 bits per heavy atom. The van der Waals surface area contributed by atoms with Crippen molar-refractivity contribution < 1.29 is 14.6 Å². The molecule has 1 unspecified atom stereocenters. The van der Waals surface area contributed by atoms with Gasteiger partial charge >= 0.3 is 0 Å². The molecule has 122 valence electrons. The predicted molar refractivity (Wildman–Crippen MR) is 89.9 cm³/mol. The van der Waals surface area contributed by atoms with E-state index in [4.69, 9.17) is 4.74 Å². The summed E-state index contributed by atoms with van der Waals surface area (Å²) in [5.74, 6) is 0.588. The van der Waals surface area contributed by atoms with Crippen molar-refractivity contribution in [1.82, 2.24) is 10.2 Å². The van der Waals surface area contributed by atoms with E-state index in [2.05, 4.69) is 15.5 Å². The summed E-state index contributed by atoms with van der Waals surface area (Å²) >= 11 is 0. The minimum atomic E-state index is -1.21. The standard InChI is InChI=1S/C18H17N3O3/c1-12-11-16(21-20-12)24-15-9-7-14(8-10-15)19-18(23)17(22)13-5-3-2-4-6-13/h2-11,17,22H,1H3,(H,19,23)(H,20,21). The number of aryl methyl sites for hydroxylation is 1. The van der Waals surface area contributed by atoms with Crippen molar-refractivity contribution in [3.05, 3.63) is 71.9 Å². The number of aromatic nitrogens is 2. The maximum atomic E-state index is 12.1. The van der Waals surface area contributed by atoms with Gasteiger partial charge in [0, 0.05) is 17.4 Å². The van der Waals surface area contributed by atoms with Crippen LogP contribution < -0.4 is 10.1 Å². The summed E-state index contributed by atoms with van der Waals surface area (Å²) < 4.78 is 5.57. The fraction of sp³-hybridized carbons (Fsp3) is 0.111. The molecule has 0 aliphatic rings. The molecule has 0 aliphatic carbocycles. The lowest BCUT2D eigenvalue weighted by Crippen LogP contribution is -2.20. The average molecular weight is 323 g/mol. The molecule has 24 heavy (non-hydrogen) atoms. The first kappa shape index (κ1) is 15.8. The molecular weight excluding hydrogens is 306 g/mol. The number of anilines is 1. The molecular formula is C18H17N3O3. The first-order valence-corrected chi connectivity index (χ1v) is 7.45. The number of aliphatic hydroxyl groups is 1. The number of carbonyl (C=O) groups excluding carboxylic acids is 1. The number of benzene rings is 2. The molecule has 0 radical (unpaired) electrons. The molecule has 2 aromatic carbocycles. The van der Waals surface area contributed by atoms with E-state index in [1.807, 2.05) is 13.0 Å². The average Bonchev–Trinajstić information content (AvgIpc) is 3.01. The number of ether oxygens (including phenoxy) is 1. The van der Waals surface area contributed by atoms with Gasteiger partial charge in [0.2, 0.25) is 5.88 Å². The summed E-state index contributed by atoms with van der Waals surface area (Å²) in [6.07, 6.45) is -1.21. The van der Waals surface area contributed by atoms with Crippen LogP contribution in [-0.4, -0.2) is 21.2 Å². The van der Waals surface area contributed by atoms with Crippen LogP contribution in [-0.2, 0) is 4.79 Å². The zero-order valence-electron chi connectivity index (χ0n) is 13.1. The van der Waals surface area contributed by atoms with Gasteiger partial charge in [0.15, 0.2) is 6.10 Å². The Labute approximate surface area is 139 Å². The summed E-state index contributed by atoms with van der Waals surface area (Å²) in [4.78, 5) is 12.1. The topological polar surface area (TPSA) is 87.2 Å². The van der Waals surface area contributed by atoms with Gasteiger partial charge in [0.25, 0.3) is 5.91 Å². The number of amides is 1. The van der Waals surface area contributed by atoms with E-state index >= 15 is 0 Å². The smallest absolute Gasteiger partial charge is 0.257 e. The van der Waals surface area contributed by atoms with Gasteiger partial charge in [0.1, 0.15) is 5.75 Å². The second-order valence-electron chi connectivity index (χ2n) is 5.32. The number of aliphatic hydroxyl groups excluding tert-OH is 1. The highest BCUT2D eigenvalue weighted by Gasteiger charge is 2.17. The van der Waals surface area contributed by atoms with E-state index in [0.717, 1.165) is 5.69 Å². The molecule has 1 atom stereocenters. The van der Waals surface area contributed by atoms with Gasteiger partial charge in [-0.3, -0.25) is 9.89 Å². The van der Waals surface area contributed by atoms with Crippen LogP contribution in [0, 0.1) is 6.92 Å². The van der Waals surface area contributed by atoms with Crippen molar-refractivity contribution in [1.29, 1.82) is 0 Å². The number of rotatable bonds is 5. The summed E-state index contributed by atoms with van der Waals surface area (Å²) in [6, 6.07) is 17.4. The van der Waals surface area contributed by atoms with E-state index in [0.29, 0.717) is 22.9 Å². The zero-order chi connectivity index (χ0) is 16.9. The highest BCUT2D eigenvalue weighted by atomic mass is 16.5. The number of H-pyrrole nitrogens is 1. The third-order valence-corrected chi connectivity index (χ3v) is 3.39. The van der Waals surface area contributed by atoms with E-state index in [1.165, 1.54) is 0 Å². The van der Waals surface area contributed by atoms with Crippen molar-refractivity contribution in [3.8, 4) is 11.6 Å². The molecule has 6 heteroatoms. The Hall–Kier alpha value is -3.12. The Morgan fingerprint density at radius 3 is 2.50 bits per heavy atom. The number of nitrogens with zero attached hydrogens (tertiary/aromatic N) is 1. The minimum absolute atomic E-state index is 0.476. The van der Waals surface area contributed by atoms with Gasteiger partial charge in [-0.1, -0.05) is 30.3 Å². The van der Waals surface area contributed by atoms with Crippen molar-refractivity contribution in [2.24, 2.45) is 0 Å². The molecule has 6 nitrogen and oxygen atoms in total. The molecule has 0 aliphatic heterocycles. The largest absolute Gasteiger partial charge is 0.438 e. The third kappa shape index (κ3) is 3.80. The van der Waals surface area contributed by atoms with Crippen LogP contribution in [0.4, 0.5) is 5.69 Å². The molecule has 0 saturated heterocycles. The zero-order valence-corrected chi connectivity index (χ0v) is 13.1. The van der Waals surface area contributed by atoms with Crippen LogP contribution in [0.1, 0.15) is 17.4 Å². The van der Waals surface area contributed by atoms with Crippen molar-refractivity contribution in [3.63, 3.8) is 0 Å². The minimum Gasteiger partial charge on any atom is -0.438 e. The third-order valence-electron chi connectivity index (χ3n) is 3.39. The van der Waals surface area contributed by atoms with Crippen molar-refractivity contribution in [2.75, 3.05) is 5.32 Å². The maximum Gasteiger partial charge on any atom is 0.257 e. The van der Waals surface area contributed by atoms with Gasteiger partial charge in [-0.25, -0.2) is 0 Å². The lowest BCUT2D eigenvalue weighted by Gasteiger charge is -2.12. The van der Waals surface area contributed by atoms with Gasteiger partial charge < -0.3 is 15.2 Å². The Bertz CT molecular complexity index is 813. The molecule has 3 rings (SSSR count). The Balaban J connectivity index is 1.62. The molecule has 0 fully saturated rings. The molecule has 0 bridgehead atoms. The number of carbonyl (C=O) groups is 1. The monoisotopic (exact) mass is 323 g/mol. The fourth-order valence-corrected chi connectivity index (χ4v) is 2.17. The number of hydrogen-bond donors (Lipinski definition) is 3. The van der Waals surface area contributed by atoms with Crippen molar-refractivity contribution in [2.45, 2.75) is 13.0 Å². The highest BCUT2D eigenvalue weighted by Crippen LogP contribution is 2.22. The number of hydrogen-bond acceptors (Lipinski definition) is 4. The first-order chi connectivity index (χ1) is 11.6. The predicted octanol–water partition coefficient (Wildman–Crippen LogP) is 3.18. The van der Waals surface area contributed by atoms with E-state index in [9.17, 15) is 9.90 Å². The van der Waals surface area contributed by atoms with Crippen LogP contribution >= 0.6 is 0 Å². The normalized spacial score (nSPS) is 11.8. The molecule has 0 spiro atoms. The summed E-state index contributed by atoms with van der Waals surface area (Å²) in [7, 11) is 0. The van der Waals surface area contributed by atoms with Crippen LogP contribution in [0.3, 0.4) is 0 Å². The molecule has 0 saturated carbocycles. The van der Waals surface area contributed by atoms with Crippen LogP contribution in [0.25, 0.3) is 0 Å². The van der Waals surface area contributed by atoms with E-state index in [1.54, 1.807) is 54.6 Å². The van der Waals surface area contributed by atoms with Gasteiger partial charge in [-0.15, -0.1) is 5.10 Å². The van der Waals surface area contributed by atoms with E-state index in [-0.39, 0.29) is 0 Å². The molecule has 1 aromatic heterocycles. The second-order valence-corrected chi connectivity index (χ2v) is 5.32. The second kappa shape index (κ2) is 6.97. The number of nitrogens with one attached hydrogen (secondary N) is 2. The van der Waals surface area contributed by atoms with Crippen LogP contribution in [0.5, 0.6) is 11.6 Å². The van der Waals surface area contributed by atoms with Gasteiger partial charge in [0.05, 0.1) is 0 Å². The lowest BCUT2D eigenvalue weighted by atomic mass is 10.1. The van der Waals surface area contributed by atoms with Gasteiger partial charge in [-0.2, -0.15) is 0 Å². The van der Waals surface area contributed by atoms with Crippen LogP contribution in [0.2, 0.25) is 0 Å². The van der Waals surface area contributed by atoms with Gasteiger partial charge in [-0.05, 0) is 36.8 Å². The fourth-order valence-electron chi connectivity index (χ4n) is 2.17. The molecule has 1 heterocycles. The van der Waals surface area contributed by atoms with Crippen molar-refractivity contribution >= 4 is 11.6 Å². The molecule has 3 aromatic rings. The van der Waals surface area contributed by atoms with Crippen LogP contribution in [0.15, 0.2) is 60.7 Å².